The first-order valence-corrected chi connectivity index (χ1v) is 7.94. The van der Waals surface area contributed by atoms with Gasteiger partial charge in [0.1, 0.15) is 5.82 Å². The van der Waals surface area contributed by atoms with Crippen molar-refractivity contribution < 1.29 is 4.39 Å². The van der Waals surface area contributed by atoms with Crippen LogP contribution in [0, 0.1) is 12.7 Å². The van der Waals surface area contributed by atoms with Crippen LogP contribution in [0.2, 0.25) is 5.02 Å². The molecule has 0 saturated heterocycles. The molecule has 0 bridgehead atoms. The summed E-state index contributed by atoms with van der Waals surface area (Å²) in [6.07, 6.45) is 0. The molecule has 0 fully saturated rings. The number of hydrogen-bond donors (Lipinski definition) is 1. The van der Waals surface area contributed by atoms with E-state index in [-0.39, 0.29) is 11.9 Å². The van der Waals surface area contributed by atoms with Gasteiger partial charge < -0.3 is 5.32 Å². The molecule has 1 heterocycles. The molecule has 1 unspecified atom stereocenters. The number of thiophene rings is 1. The fraction of sp³-hybridized carbons (Fsp3) is 0.176. The predicted molar refractivity (Wildman–Crippen MR) is 90.0 cm³/mol. The van der Waals surface area contributed by atoms with Gasteiger partial charge in [-0.05, 0) is 49.1 Å². The quantitative estimate of drug-likeness (QED) is 0.608. The largest absolute Gasteiger partial charge is 0.378 e. The average Bonchev–Trinajstić information content (AvgIpc) is 2.76. The molecule has 3 aromatic rings. The van der Waals surface area contributed by atoms with Crippen LogP contribution in [0.15, 0.2) is 42.5 Å². The minimum absolute atomic E-state index is 0.0975. The predicted octanol–water partition coefficient (Wildman–Crippen LogP) is 6.18. The second-order valence-electron chi connectivity index (χ2n) is 5.11. The van der Waals surface area contributed by atoms with Crippen LogP contribution >= 0.6 is 22.9 Å². The van der Waals surface area contributed by atoms with Crippen molar-refractivity contribution in [2.45, 2.75) is 19.9 Å². The van der Waals surface area contributed by atoms with Crippen molar-refractivity contribution in [2.24, 2.45) is 0 Å². The van der Waals surface area contributed by atoms with Gasteiger partial charge >= 0.3 is 0 Å². The molecular weight excluding hydrogens is 305 g/mol. The van der Waals surface area contributed by atoms with Crippen LogP contribution < -0.4 is 5.32 Å². The van der Waals surface area contributed by atoms with Crippen LogP contribution in [0.1, 0.15) is 23.4 Å². The zero-order valence-electron chi connectivity index (χ0n) is 11.8. The molecule has 0 radical (unpaired) electrons. The maximum absolute atomic E-state index is 13.4. The van der Waals surface area contributed by atoms with Gasteiger partial charge in [-0.3, -0.25) is 0 Å². The highest BCUT2D eigenvalue weighted by atomic mass is 35.5. The lowest BCUT2D eigenvalue weighted by Gasteiger charge is -2.15. The highest BCUT2D eigenvalue weighted by molar-refractivity contribution is 7.19. The van der Waals surface area contributed by atoms with Gasteiger partial charge in [0.05, 0.1) is 6.04 Å². The number of benzene rings is 2. The molecule has 0 spiro atoms. The van der Waals surface area contributed by atoms with Gasteiger partial charge in [0.2, 0.25) is 0 Å². The van der Waals surface area contributed by atoms with Gasteiger partial charge in [0.25, 0.3) is 0 Å². The SMILES string of the molecule is Cc1c(C(C)Nc2cc(F)cc(Cl)c2)sc2ccccc12. The van der Waals surface area contributed by atoms with E-state index >= 15 is 0 Å². The Balaban J connectivity index is 1.93. The van der Waals surface area contributed by atoms with Crippen LogP contribution in [0.5, 0.6) is 0 Å². The second-order valence-corrected chi connectivity index (χ2v) is 6.63. The standard InChI is InChI=1S/C17H15ClFNS/c1-10-15-5-3-4-6-16(15)21-17(10)11(2)20-14-8-12(18)7-13(19)9-14/h3-9,11,20H,1-2H3. The molecule has 1 N–H and O–H groups in total. The fourth-order valence-electron chi connectivity index (χ4n) is 2.56. The lowest BCUT2D eigenvalue weighted by Crippen LogP contribution is -2.06. The first kappa shape index (κ1) is 14.4. The third-order valence-corrected chi connectivity index (χ3v) is 5.19. The number of fused-ring (bicyclic) bond motifs is 1. The smallest absolute Gasteiger partial charge is 0.126 e. The van der Waals surface area contributed by atoms with Crippen molar-refractivity contribution in [3.05, 3.63) is 63.7 Å². The summed E-state index contributed by atoms with van der Waals surface area (Å²) in [5.74, 6) is -0.328. The van der Waals surface area contributed by atoms with E-state index in [1.54, 1.807) is 17.4 Å². The Bertz CT molecular complexity index is 776. The van der Waals surface area contributed by atoms with Crippen LogP contribution in [-0.2, 0) is 0 Å². The first-order valence-electron chi connectivity index (χ1n) is 6.75. The van der Waals surface area contributed by atoms with E-state index in [0.717, 1.165) is 0 Å². The minimum Gasteiger partial charge on any atom is -0.378 e. The third-order valence-electron chi connectivity index (χ3n) is 3.52. The van der Waals surface area contributed by atoms with E-state index in [1.807, 2.05) is 6.07 Å². The van der Waals surface area contributed by atoms with E-state index in [0.29, 0.717) is 10.7 Å². The van der Waals surface area contributed by atoms with Gasteiger partial charge in [-0.15, -0.1) is 11.3 Å². The van der Waals surface area contributed by atoms with Gasteiger partial charge in [-0.2, -0.15) is 0 Å². The summed E-state index contributed by atoms with van der Waals surface area (Å²) in [5, 5.41) is 5.01. The molecule has 0 amide bonds. The van der Waals surface area contributed by atoms with Gasteiger partial charge in [0.15, 0.2) is 0 Å². The van der Waals surface area contributed by atoms with Gasteiger partial charge in [-0.25, -0.2) is 4.39 Å². The molecule has 1 nitrogen and oxygen atoms in total. The fourth-order valence-corrected chi connectivity index (χ4v) is 3.99. The molecule has 4 heteroatoms. The molecule has 3 rings (SSSR count). The van der Waals surface area contributed by atoms with Crippen LogP contribution in [-0.4, -0.2) is 0 Å². The van der Waals surface area contributed by atoms with Gasteiger partial charge in [0, 0.05) is 20.3 Å². The molecule has 108 valence electrons. The van der Waals surface area contributed by atoms with E-state index < -0.39 is 0 Å². The van der Waals surface area contributed by atoms with Crippen molar-refractivity contribution in [1.29, 1.82) is 0 Å². The molecular formula is C17H15ClFNS. The Morgan fingerprint density at radius 3 is 2.67 bits per heavy atom. The summed E-state index contributed by atoms with van der Waals surface area (Å²) in [6.45, 7) is 4.21. The maximum atomic E-state index is 13.4. The Morgan fingerprint density at radius 2 is 1.95 bits per heavy atom. The topological polar surface area (TPSA) is 12.0 Å². The molecule has 0 aliphatic carbocycles. The Kier molecular flexibility index (Phi) is 3.87. The summed E-state index contributed by atoms with van der Waals surface area (Å²) in [5.41, 5.74) is 1.97. The number of anilines is 1. The van der Waals surface area contributed by atoms with Crippen LogP contribution in [0.3, 0.4) is 0 Å². The van der Waals surface area contributed by atoms with Gasteiger partial charge in [-0.1, -0.05) is 29.8 Å². The molecule has 1 atom stereocenters. The normalized spacial score (nSPS) is 12.6. The van der Waals surface area contributed by atoms with E-state index in [9.17, 15) is 4.39 Å². The van der Waals surface area contributed by atoms with Crippen LogP contribution in [0.4, 0.5) is 10.1 Å². The lowest BCUT2D eigenvalue weighted by atomic mass is 10.1. The zero-order valence-corrected chi connectivity index (χ0v) is 13.4. The van der Waals surface area contributed by atoms with E-state index in [1.165, 1.54) is 32.7 Å². The van der Waals surface area contributed by atoms with Crippen molar-refractivity contribution in [1.82, 2.24) is 0 Å². The number of halogens is 2. The molecule has 1 aromatic heterocycles. The van der Waals surface area contributed by atoms with Crippen molar-refractivity contribution in [2.75, 3.05) is 5.32 Å². The van der Waals surface area contributed by atoms with Crippen molar-refractivity contribution >= 4 is 38.7 Å². The molecule has 21 heavy (non-hydrogen) atoms. The summed E-state index contributed by atoms with van der Waals surface area (Å²) >= 11 is 7.67. The molecule has 2 aromatic carbocycles. The van der Waals surface area contributed by atoms with E-state index in [2.05, 4.69) is 37.4 Å². The Morgan fingerprint density at radius 1 is 1.19 bits per heavy atom. The summed E-state index contributed by atoms with van der Waals surface area (Å²) in [7, 11) is 0. The number of nitrogens with one attached hydrogen (secondary N) is 1. The zero-order chi connectivity index (χ0) is 15.0. The molecule has 0 aliphatic rings. The monoisotopic (exact) mass is 319 g/mol. The summed E-state index contributed by atoms with van der Waals surface area (Å²) in [6, 6.07) is 13.0. The Hall–Kier alpha value is -1.58. The van der Waals surface area contributed by atoms with E-state index in [4.69, 9.17) is 11.6 Å². The molecule has 0 aliphatic heterocycles. The second kappa shape index (κ2) is 5.66. The summed E-state index contributed by atoms with van der Waals surface area (Å²) in [4.78, 5) is 1.26. The van der Waals surface area contributed by atoms with Crippen molar-refractivity contribution in [3.8, 4) is 0 Å². The summed E-state index contributed by atoms with van der Waals surface area (Å²) < 4.78 is 14.7. The highest BCUT2D eigenvalue weighted by Gasteiger charge is 2.14. The van der Waals surface area contributed by atoms with Crippen molar-refractivity contribution in [3.63, 3.8) is 0 Å². The first-order chi connectivity index (χ1) is 10.0. The third kappa shape index (κ3) is 2.89. The maximum Gasteiger partial charge on any atom is 0.126 e. The lowest BCUT2D eigenvalue weighted by molar-refractivity contribution is 0.628. The minimum atomic E-state index is -0.328. The number of hydrogen-bond acceptors (Lipinski definition) is 2. The molecule has 0 saturated carbocycles. The van der Waals surface area contributed by atoms with Crippen LogP contribution in [0.25, 0.3) is 10.1 Å². The average molecular weight is 320 g/mol. The Labute approximate surface area is 132 Å². The number of rotatable bonds is 3. The number of aryl methyl sites for hydroxylation is 1. The highest BCUT2D eigenvalue weighted by Crippen LogP contribution is 2.36.